The van der Waals surface area contributed by atoms with Gasteiger partial charge in [-0.3, -0.25) is 9.69 Å². The number of carbonyl (C=O) groups excluding carboxylic acids is 1. The van der Waals surface area contributed by atoms with Gasteiger partial charge in [0.05, 0.1) is 12.6 Å². The molecule has 86 valence electrons. The van der Waals surface area contributed by atoms with E-state index in [4.69, 9.17) is 5.73 Å². The third-order valence-electron chi connectivity index (χ3n) is 2.83. The number of hydrogen-bond acceptors (Lipinski definition) is 4. The molecular formula is C11H16N4O. The number of rotatable bonds is 3. The molecule has 0 aliphatic carbocycles. The maximum Gasteiger partial charge on any atom is 0.231 e. The van der Waals surface area contributed by atoms with Crippen LogP contribution in [0, 0.1) is 6.92 Å². The van der Waals surface area contributed by atoms with Crippen LogP contribution in [0.4, 0.5) is 0 Å². The summed E-state index contributed by atoms with van der Waals surface area (Å²) in [5, 5.41) is 0. The first-order valence-electron chi connectivity index (χ1n) is 5.48. The van der Waals surface area contributed by atoms with Gasteiger partial charge in [0.25, 0.3) is 0 Å². The number of aromatic nitrogens is 2. The minimum absolute atomic E-state index is 0.146. The second-order valence-corrected chi connectivity index (χ2v) is 4.15. The van der Waals surface area contributed by atoms with E-state index in [9.17, 15) is 4.79 Å². The normalized spacial score (nSPS) is 21.2. The van der Waals surface area contributed by atoms with E-state index in [0.29, 0.717) is 6.54 Å². The van der Waals surface area contributed by atoms with Gasteiger partial charge in [0.2, 0.25) is 5.91 Å². The highest BCUT2D eigenvalue weighted by Gasteiger charge is 2.28. The number of carbonyl (C=O) groups is 1. The summed E-state index contributed by atoms with van der Waals surface area (Å²) < 4.78 is 0. The van der Waals surface area contributed by atoms with E-state index in [0.717, 1.165) is 30.9 Å². The molecule has 1 aliphatic heterocycles. The van der Waals surface area contributed by atoms with E-state index in [2.05, 4.69) is 14.9 Å². The predicted molar refractivity (Wildman–Crippen MR) is 59.5 cm³/mol. The molecule has 2 rings (SSSR count). The molecule has 1 fully saturated rings. The SMILES string of the molecule is Cc1ccnc([C@H]2CCCN2CC(N)=O)n1. The topological polar surface area (TPSA) is 72.1 Å². The first-order chi connectivity index (χ1) is 7.66. The molecule has 0 spiro atoms. The van der Waals surface area contributed by atoms with Crippen LogP contribution in [-0.2, 0) is 4.79 Å². The van der Waals surface area contributed by atoms with E-state index >= 15 is 0 Å². The summed E-state index contributed by atoms with van der Waals surface area (Å²) in [7, 11) is 0. The van der Waals surface area contributed by atoms with Crippen LogP contribution in [-0.4, -0.2) is 33.9 Å². The van der Waals surface area contributed by atoms with Crippen LogP contribution in [0.15, 0.2) is 12.3 Å². The van der Waals surface area contributed by atoms with Crippen molar-refractivity contribution in [1.82, 2.24) is 14.9 Å². The summed E-state index contributed by atoms with van der Waals surface area (Å²) in [5.74, 6) is 0.512. The van der Waals surface area contributed by atoms with Gasteiger partial charge in [-0.1, -0.05) is 0 Å². The molecule has 0 saturated carbocycles. The number of aryl methyl sites for hydroxylation is 1. The van der Waals surface area contributed by atoms with Crippen LogP contribution >= 0.6 is 0 Å². The summed E-state index contributed by atoms with van der Waals surface area (Å²) in [6, 6.07) is 2.02. The lowest BCUT2D eigenvalue weighted by Gasteiger charge is -2.21. The molecule has 1 aromatic heterocycles. The average molecular weight is 220 g/mol. The fourth-order valence-corrected chi connectivity index (χ4v) is 2.14. The van der Waals surface area contributed by atoms with Gasteiger partial charge < -0.3 is 5.73 Å². The molecular weight excluding hydrogens is 204 g/mol. The molecule has 2 heterocycles. The molecule has 1 aliphatic rings. The second-order valence-electron chi connectivity index (χ2n) is 4.15. The standard InChI is InChI=1S/C11H16N4O/c1-8-4-5-13-11(14-8)9-3-2-6-15(9)7-10(12)16/h4-5,9H,2-3,6-7H2,1H3,(H2,12,16)/t9-/m1/s1. The van der Waals surface area contributed by atoms with Gasteiger partial charge in [0.15, 0.2) is 0 Å². The Labute approximate surface area is 94.7 Å². The molecule has 5 heteroatoms. The van der Waals surface area contributed by atoms with Crippen LogP contribution in [0.25, 0.3) is 0 Å². The summed E-state index contributed by atoms with van der Waals surface area (Å²) >= 11 is 0. The Morgan fingerprint density at radius 1 is 1.69 bits per heavy atom. The van der Waals surface area contributed by atoms with Gasteiger partial charge >= 0.3 is 0 Å². The Hall–Kier alpha value is -1.49. The van der Waals surface area contributed by atoms with Gasteiger partial charge in [-0.2, -0.15) is 0 Å². The third kappa shape index (κ3) is 2.36. The predicted octanol–water partition coefficient (Wildman–Crippen LogP) is 0.407. The second kappa shape index (κ2) is 4.57. The van der Waals surface area contributed by atoms with Crippen molar-refractivity contribution < 1.29 is 4.79 Å². The molecule has 1 saturated heterocycles. The lowest BCUT2D eigenvalue weighted by molar-refractivity contribution is -0.119. The van der Waals surface area contributed by atoms with Gasteiger partial charge in [-0.05, 0) is 32.4 Å². The first kappa shape index (κ1) is 11.0. The molecule has 0 radical (unpaired) electrons. The fraction of sp³-hybridized carbons (Fsp3) is 0.545. The molecule has 1 aromatic rings. The monoisotopic (exact) mass is 220 g/mol. The lowest BCUT2D eigenvalue weighted by Crippen LogP contribution is -2.34. The average Bonchev–Trinajstić information content (AvgIpc) is 2.65. The molecule has 1 atom stereocenters. The van der Waals surface area contributed by atoms with Gasteiger partial charge in [-0.15, -0.1) is 0 Å². The summed E-state index contributed by atoms with van der Waals surface area (Å²) in [5.41, 5.74) is 6.18. The quantitative estimate of drug-likeness (QED) is 0.800. The zero-order valence-electron chi connectivity index (χ0n) is 9.39. The highest BCUT2D eigenvalue weighted by Crippen LogP contribution is 2.28. The number of likely N-dealkylation sites (tertiary alicyclic amines) is 1. The van der Waals surface area contributed by atoms with Crippen molar-refractivity contribution in [2.24, 2.45) is 5.73 Å². The van der Waals surface area contributed by atoms with Gasteiger partial charge in [0.1, 0.15) is 5.82 Å². The highest BCUT2D eigenvalue weighted by molar-refractivity contribution is 5.76. The van der Waals surface area contributed by atoms with Crippen molar-refractivity contribution in [2.45, 2.75) is 25.8 Å². The zero-order valence-corrected chi connectivity index (χ0v) is 9.39. The van der Waals surface area contributed by atoms with E-state index in [1.54, 1.807) is 6.20 Å². The van der Waals surface area contributed by atoms with E-state index in [1.165, 1.54) is 0 Å². The molecule has 0 aromatic carbocycles. The van der Waals surface area contributed by atoms with Crippen molar-refractivity contribution in [3.8, 4) is 0 Å². The van der Waals surface area contributed by atoms with Gasteiger partial charge in [0, 0.05) is 11.9 Å². The van der Waals surface area contributed by atoms with Crippen LogP contribution in [0.5, 0.6) is 0 Å². The van der Waals surface area contributed by atoms with E-state index < -0.39 is 0 Å². The largest absolute Gasteiger partial charge is 0.369 e. The smallest absolute Gasteiger partial charge is 0.231 e. The summed E-state index contributed by atoms with van der Waals surface area (Å²) in [6.07, 6.45) is 3.82. The number of amides is 1. The molecule has 2 N–H and O–H groups in total. The van der Waals surface area contributed by atoms with Crippen molar-refractivity contribution in [3.63, 3.8) is 0 Å². The maximum absolute atomic E-state index is 10.9. The number of hydrogen-bond donors (Lipinski definition) is 1. The maximum atomic E-state index is 10.9. The highest BCUT2D eigenvalue weighted by atomic mass is 16.1. The minimum atomic E-state index is -0.292. The number of nitrogens with zero attached hydrogens (tertiary/aromatic N) is 3. The molecule has 5 nitrogen and oxygen atoms in total. The summed E-state index contributed by atoms with van der Waals surface area (Å²) in [4.78, 5) is 21.7. The zero-order chi connectivity index (χ0) is 11.5. The van der Waals surface area contributed by atoms with E-state index in [1.807, 2.05) is 13.0 Å². The fourth-order valence-electron chi connectivity index (χ4n) is 2.14. The molecule has 0 unspecified atom stereocenters. The van der Waals surface area contributed by atoms with Crippen LogP contribution in [0.3, 0.4) is 0 Å². The van der Waals surface area contributed by atoms with Gasteiger partial charge in [-0.25, -0.2) is 9.97 Å². The van der Waals surface area contributed by atoms with Crippen LogP contribution in [0.1, 0.15) is 30.4 Å². The summed E-state index contributed by atoms with van der Waals surface area (Å²) in [6.45, 7) is 3.13. The third-order valence-corrected chi connectivity index (χ3v) is 2.83. The van der Waals surface area contributed by atoms with Crippen molar-refractivity contribution in [1.29, 1.82) is 0 Å². The Morgan fingerprint density at radius 3 is 3.19 bits per heavy atom. The Kier molecular flexibility index (Phi) is 3.14. The lowest BCUT2D eigenvalue weighted by atomic mass is 10.2. The molecule has 0 bridgehead atoms. The molecule has 1 amide bonds. The van der Waals surface area contributed by atoms with Crippen molar-refractivity contribution >= 4 is 5.91 Å². The van der Waals surface area contributed by atoms with Crippen molar-refractivity contribution in [2.75, 3.05) is 13.1 Å². The van der Waals surface area contributed by atoms with E-state index in [-0.39, 0.29) is 11.9 Å². The van der Waals surface area contributed by atoms with Crippen LogP contribution in [0.2, 0.25) is 0 Å². The number of primary amides is 1. The minimum Gasteiger partial charge on any atom is -0.369 e. The van der Waals surface area contributed by atoms with Crippen LogP contribution < -0.4 is 5.73 Å². The Morgan fingerprint density at radius 2 is 2.50 bits per heavy atom. The Bertz CT molecular complexity index is 393. The number of nitrogens with two attached hydrogens (primary N) is 1. The Balaban J connectivity index is 2.16. The van der Waals surface area contributed by atoms with Crippen molar-refractivity contribution in [3.05, 3.63) is 23.8 Å². The first-order valence-corrected chi connectivity index (χ1v) is 5.48. The molecule has 16 heavy (non-hydrogen) atoms.